The minimum atomic E-state index is -0.340. The van der Waals surface area contributed by atoms with Gasteiger partial charge in [0.1, 0.15) is 12.4 Å². The molecule has 2 heterocycles. The molecular weight excluding hydrogens is 392 g/mol. The third-order valence-electron chi connectivity index (χ3n) is 4.11. The third kappa shape index (κ3) is 5.38. The van der Waals surface area contributed by atoms with Gasteiger partial charge in [0.15, 0.2) is 23.7 Å². The molecule has 10 heteroatoms. The zero-order chi connectivity index (χ0) is 20.4. The van der Waals surface area contributed by atoms with Gasteiger partial charge in [0.05, 0.1) is 0 Å². The lowest BCUT2D eigenvalue weighted by atomic mass is 10.3. The molecule has 0 aliphatic heterocycles. The molecule has 8 nitrogen and oxygen atoms in total. The van der Waals surface area contributed by atoms with Crippen LogP contribution in [0, 0.1) is 6.92 Å². The quantitative estimate of drug-likeness (QED) is 0.433. The average Bonchev–Trinajstić information content (AvgIpc) is 3.00. The van der Waals surface area contributed by atoms with Gasteiger partial charge in [0.2, 0.25) is 0 Å². The Morgan fingerprint density at radius 1 is 1.04 bits per heavy atom. The van der Waals surface area contributed by atoms with E-state index in [0.29, 0.717) is 49.0 Å². The molecule has 0 amide bonds. The fraction of sp³-hybridized carbons (Fsp3) is 0.706. The number of fused-ring (bicyclic) bond motifs is 1. The number of hydrogen-bond donors (Lipinski definition) is 0. The van der Waals surface area contributed by atoms with E-state index in [9.17, 15) is 9.59 Å². The van der Waals surface area contributed by atoms with Crippen LogP contribution >= 0.6 is 11.6 Å². The summed E-state index contributed by atoms with van der Waals surface area (Å²) in [6.45, 7) is 7.19. The second-order valence-corrected chi connectivity index (χ2v) is 6.48. The van der Waals surface area contributed by atoms with Crippen LogP contribution in [0.3, 0.4) is 0 Å². The first-order chi connectivity index (χ1) is 13.1. The number of nitrogens with zero attached hydrogens (tertiary/aromatic N) is 4. The van der Waals surface area contributed by atoms with Gasteiger partial charge in [-0.3, -0.25) is 13.9 Å². The first-order valence-corrected chi connectivity index (χ1v) is 10.0. The summed E-state index contributed by atoms with van der Waals surface area (Å²) >= 11 is 8.53. The molecule has 0 unspecified atom stereocenters. The number of halogens is 1. The molecule has 0 spiro atoms. The van der Waals surface area contributed by atoms with Gasteiger partial charge in [0, 0.05) is 19.0 Å². The second kappa shape index (κ2) is 11.9. The van der Waals surface area contributed by atoms with E-state index in [1.54, 1.807) is 11.5 Å². The van der Waals surface area contributed by atoms with Crippen LogP contribution in [0.4, 0.5) is 0 Å². The Bertz CT molecular complexity index is 846. The zero-order valence-corrected chi connectivity index (χ0v) is 17.6. The highest BCUT2D eigenvalue weighted by Gasteiger charge is 2.20. The molecule has 0 bridgehead atoms. The number of imidazole rings is 1. The Kier molecular flexibility index (Phi) is 10.2. The molecule has 0 N–H and O–H groups in total. The monoisotopic (exact) mass is 418 g/mol. The maximum absolute atomic E-state index is 12.9. The van der Waals surface area contributed by atoms with Crippen molar-refractivity contribution in [2.45, 2.75) is 66.0 Å². The number of rotatable bonds is 10. The van der Waals surface area contributed by atoms with E-state index in [1.165, 1.54) is 9.30 Å². The summed E-state index contributed by atoms with van der Waals surface area (Å²) in [6, 6.07) is 0. The lowest BCUT2D eigenvalue weighted by molar-refractivity contribution is 0.114. The van der Waals surface area contributed by atoms with Gasteiger partial charge >= 0.3 is 5.69 Å². The lowest BCUT2D eigenvalue weighted by Gasteiger charge is -2.12. The van der Waals surface area contributed by atoms with Gasteiger partial charge < -0.3 is 4.84 Å². The van der Waals surface area contributed by atoms with E-state index in [-0.39, 0.29) is 11.2 Å². The molecule has 0 radical (unpaired) electrons. The molecule has 2 aromatic heterocycles. The standard InChI is InChI=1S/C17H27ClN4O3.OS/c1-4-6-10-20-15-14(16(23)21(17(20)24)11-7-5-2)22(13(3)19-15)25-12-8-9-18;1-2/h4-12H2,1-3H3;. The van der Waals surface area contributed by atoms with E-state index in [1.807, 2.05) is 6.92 Å². The average molecular weight is 419 g/mol. The van der Waals surface area contributed by atoms with Crippen LogP contribution in [0.25, 0.3) is 11.2 Å². The third-order valence-corrected chi connectivity index (χ3v) is 4.38. The van der Waals surface area contributed by atoms with Gasteiger partial charge in [-0.1, -0.05) is 26.7 Å². The van der Waals surface area contributed by atoms with Crippen molar-refractivity contribution in [2.24, 2.45) is 0 Å². The molecular formula is C17H27ClN4O4S. The molecule has 2 rings (SSSR count). The van der Waals surface area contributed by atoms with Gasteiger partial charge in [-0.25, -0.2) is 9.78 Å². The molecule has 0 aliphatic carbocycles. The molecule has 0 fully saturated rings. The van der Waals surface area contributed by atoms with Gasteiger partial charge in [-0.05, 0) is 26.2 Å². The molecule has 27 heavy (non-hydrogen) atoms. The topological polar surface area (TPSA) is 88.1 Å². The molecule has 0 saturated carbocycles. The number of alkyl halides is 1. The summed E-state index contributed by atoms with van der Waals surface area (Å²) in [4.78, 5) is 35.9. The Morgan fingerprint density at radius 3 is 2.19 bits per heavy atom. The van der Waals surface area contributed by atoms with Gasteiger partial charge in [0.25, 0.3) is 5.56 Å². The fourth-order valence-electron chi connectivity index (χ4n) is 2.73. The first kappa shape index (κ1) is 23.3. The molecule has 0 atom stereocenters. The highest BCUT2D eigenvalue weighted by Crippen LogP contribution is 2.11. The number of hydrogen-bond acceptors (Lipinski definition) is 6. The molecule has 0 aliphatic rings. The van der Waals surface area contributed by atoms with Crippen molar-refractivity contribution in [1.29, 1.82) is 0 Å². The maximum atomic E-state index is 12.9. The minimum absolute atomic E-state index is 0.287. The Balaban J connectivity index is 0.00000176. The fourth-order valence-corrected chi connectivity index (χ4v) is 2.83. The maximum Gasteiger partial charge on any atom is 0.332 e. The normalized spacial score (nSPS) is 10.7. The summed E-state index contributed by atoms with van der Waals surface area (Å²) in [7, 11) is 0. The smallest absolute Gasteiger partial charge is 0.332 e. The van der Waals surface area contributed by atoms with Crippen molar-refractivity contribution in [1.82, 2.24) is 18.8 Å². The van der Waals surface area contributed by atoms with Gasteiger partial charge in [-0.15, -0.1) is 11.6 Å². The summed E-state index contributed by atoms with van der Waals surface area (Å²) < 4.78 is 12.2. The highest BCUT2D eigenvalue weighted by molar-refractivity contribution is 7.44. The Hall–Kier alpha value is -1.74. The van der Waals surface area contributed by atoms with E-state index in [0.717, 1.165) is 25.7 Å². The van der Waals surface area contributed by atoms with Crippen molar-refractivity contribution in [3.05, 3.63) is 26.7 Å². The Labute approximate surface area is 168 Å². The van der Waals surface area contributed by atoms with Crippen LogP contribution in [0.5, 0.6) is 0 Å². The van der Waals surface area contributed by atoms with E-state index in [2.05, 4.69) is 24.4 Å². The van der Waals surface area contributed by atoms with Crippen LogP contribution in [-0.4, -0.2) is 35.5 Å². The van der Waals surface area contributed by atoms with E-state index in [4.69, 9.17) is 20.6 Å². The highest BCUT2D eigenvalue weighted by atomic mass is 35.5. The predicted octanol–water partition coefficient (Wildman–Crippen LogP) is 1.99. The van der Waals surface area contributed by atoms with Crippen LogP contribution in [0.15, 0.2) is 9.59 Å². The van der Waals surface area contributed by atoms with Crippen molar-refractivity contribution in [3.8, 4) is 0 Å². The molecule has 152 valence electrons. The summed E-state index contributed by atoms with van der Waals surface area (Å²) in [5, 5.41) is 0. The van der Waals surface area contributed by atoms with Crippen LogP contribution < -0.4 is 16.1 Å². The minimum Gasteiger partial charge on any atom is -0.412 e. The zero-order valence-electron chi connectivity index (χ0n) is 16.1. The summed E-state index contributed by atoms with van der Waals surface area (Å²) in [6.07, 6.45) is 4.14. The Morgan fingerprint density at radius 2 is 1.63 bits per heavy atom. The number of unbranched alkanes of at least 4 members (excludes halogenated alkanes) is 2. The molecule has 2 aromatic rings. The number of aromatic nitrogens is 4. The SMILES string of the molecule is CCCCn1c(=O)c2c(nc(C)n2OCCCCl)n(CCCC)c1=O.O=S. The van der Waals surface area contributed by atoms with Crippen molar-refractivity contribution in [3.63, 3.8) is 0 Å². The van der Waals surface area contributed by atoms with Crippen LogP contribution in [0.2, 0.25) is 0 Å². The number of aryl methyl sites for hydroxylation is 2. The lowest BCUT2D eigenvalue weighted by Crippen LogP contribution is -2.41. The molecule has 0 saturated heterocycles. The van der Waals surface area contributed by atoms with E-state index >= 15 is 0 Å². The van der Waals surface area contributed by atoms with Gasteiger partial charge in [-0.2, -0.15) is 8.94 Å². The summed E-state index contributed by atoms with van der Waals surface area (Å²) in [5.41, 5.74) is 0.107. The van der Waals surface area contributed by atoms with Crippen LogP contribution in [-0.2, 0) is 25.6 Å². The second-order valence-electron chi connectivity index (χ2n) is 6.10. The predicted molar refractivity (Wildman–Crippen MR) is 108 cm³/mol. The largest absolute Gasteiger partial charge is 0.412 e. The summed E-state index contributed by atoms with van der Waals surface area (Å²) in [5.74, 6) is 1.03. The van der Waals surface area contributed by atoms with E-state index < -0.39 is 0 Å². The van der Waals surface area contributed by atoms with Crippen molar-refractivity contribution < 1.29 is 9.05 Å². The van der Waals surface area contributed by atoms with Crippen LogP contribution in [0.1, 0.15) is 51.8 Å². The van der Waals surface area contributed by atoms with Crippen molar-refractivity contribution >= 4 is 35.3 Å². The molecule has 0 aromatic carbocycles. The van der Waals surface area contributed by atoms with Crippen molar-refractivity contribution in [2.75, 3.05) is 12.5 Å². The first-order valence-electron chi connectivity index (χ1n) is 9.15.